The second kappa shape index (κ2) is 5.14. The third-order valence-corrected chi connectivity index (χ3v) is 4.32. The van der Waals surface area contributed by atoms with Crippen molar-refractivity contribution in [1.82, 2.24) is 0 Å². The van der Waals surface area contributed by atoms with Gasteiger partial charge in [0.2, 0.25) is 0 Å². The van der Waals surface area contributed by atoms with Crippen molar-refractivity contribution in [2.75, 3.05) is 0 Å². The Balaban J connectivity index is 0.00000125. The van der Waals surface area contributed by atoms with E-state index in [1.54, 1.807) is 0 Å². The SMILES string of the molecule is [Zr].[c-]1c(C2=CC=CC2)ccc2c1=CC1=c3ccccc3=NC=21. The van der Waals surface area contributed by atoms with Crippen LogP contribution in [0, 0.1) is 6.07 Å². The van der Waals surface area contributed by atoms with Gasteiger partial charge in [-0.05, 0) is 18.1 Å². The van der Waals surface area contributed by atoms with Crippen molar-refractivity contribution in [3.63, 3.8) is 0 Å². The molecule has 0 fully saturated rings. The van der Waals surface area contributed by atoms with E-state index in [1.807, 2.05) is 6.07 Å². The molecule has 0 aromatic heterocycles. The number of benzene rings is 2. The molecule has 2 aliphatic carbocycles. The fraction of sp³-hybridized carbons (Fsp3) is 0.0500. The normalized spacial score (nSPS) is 16.3. The van der Waals surface area contributed by atoms with Crippen LogP contribution in [0.5, 0.6) is 0 Å². The molecule has 2 aromatic rings. The van der Waals surface area contributed by atoms with Crippen molar-refractivity contribution in [1.29, 1.82) is 0 Å². The molecule has 1 heterocycles. The topological polar surface area (TPSA) is 12.4 Å². The first-order valence-electron chi connectivity index (χ1n) is 7.23. The van der Waals surface area contributed by atoms with Crippen LogP contribution in [0.15, 0.2) is 59.6 Å². The van der Waals surface area contributed by atoms with Crippen LogP contribution in [0.25, 0.3) is 22.9 Å². The fourth-order valence-electron chi connectivity index (χ4n) is 3.27. The summed E-state index contributed by atoms with van der Waals surface area (Å²) in [6.07, 6.45) is 9.71. The van der Waals surface area contributed by atoms with Crippen molar-refractivity contribution in [3.05, 3.63) is 87.3 Å². The van der Waals surface area contributed by atoms with E-state index < -0.39 is 0 Å². The molecule has 0 unspecified atom stereocenters. The molecule has 0 bridgehead atoms. The smallest absolute Gasteiger partial charge is 0.0701 e. The third-order valence-electron chi connectivity index (χ3n) is 4.32. The summed E-state index contributed by atoms with van der Waals surface area (Å²) in [4.78, 5) is 4.78. The van der Waals surface area contributed by atoms with E-state index in [1.165, 1.54) is 32.4 Å². The summed E-state index contributed by atoms with van der Waals surface area (Å²) in [7, 11) is 0. The maximum Gasteiger partial charge on any atom is 0.0701 e. The van der Waals surface area contributed by atoms with Gasteiger partial charge >= 0.3 is 0 Å². The molecular weight excluding hydrogens is 345 g/mol. The number of nitrogens with zero attached hydrogens (tertiary/aromatic N) is 1. The zero-order chi connectivity index (χ0) is 13.8. The Morgan fingerprint density at radius 3 is 2.77 bits per heavy atom. The van der Waals surface area contributed by atoms with Crippen LogP contribution in [0.1, 0.15) is 12.0 Å². The summed E-state index contributed by atoms with van der Waals surface area (Å²) in [6, 6.07) is 16.3. The molecule has 5 rings (SSSR count). The molecule has 0 saturated heterocycles. The molecule has 0 atom stereocenters. The Bertz CT molecular complexity index is 1100. The van der Waals surface area contributed by atoms with Gasteiger partial charge in [-0.15, -0.1) is 40.6 Å². The van der Waals surface area contributed by atoms with Crippen LogP contribution >= 0.6 is 0 Å². The van der Waals surface area contributed by atoms with E-state index >= 15 is 0 Å². The van der Waals surface area contributed by atoms with Crippen LogP contribution in [-0.2, 0) is 26.2 Å². The average Bonchev–Trinajstić information content (AvgIpc) is 3.22. The van der Waals surface area contributed by atoms with Crippen LogP contribution in [0.2, 0.25) is 0 Å². The van der Waals surface area contributed by atoms with Crippen LogP contribution in [0.4, 0.5) is 0 Å². The predicted octanol–water partition coefficient (Wildman–Crippen LogP) is 1.21. The average molecular weight is 358 g/mol. The molecule has 2 aromatic carbocycles. The Kier molecular flexibility index (Phi) is 3.24. The standard InChI is InChI=1S/C20H12N.Zr/c1-2-6-13(5-1)14-9-10-16-15(11-14)12-18-17-7-3-4-8-19(17)21-20(16)18;/h1-5,7-10,12H,6H2;/q-1;. The Labute approximate surface area is 147 Å². The zero-order valence-electron chi connectivity index (χ0n) is 11.9. The van der Waals surface area contributed by atoms with Crippen molar-refractivity contribution in [2.45, 2.75) is 6.42 Å². The van der Waals surface area contributed by atoms with E-state index in [-0.39, 0.29) is 26.2 Å². The van der Waals surface area contributed by atoms with Crippen molar-refractivity contribution in [2.24, 2.45) is 4.99 Å². The molecule has 3 aliphatic rings. The molecule has 1 aliphatic heterocycles. The molecule has 0 saturated carbocycles. The first-order valence-corrected chi connectivity index (χ1v) is 7.23. The summed E-state index contributed by atoms with van der Waals surface area (Å²) in [5.41, 5.74) is 4.89. The fourth-order valence-corrected chi connectivity index (χ4v) is 3.27. The van der Waals surface area contributed by atoms with Gasteiger partial charge in [-0.3, -0.25) is 4.99 Å². The molecule has 0 spiro atoms. The predicted molar refractivity (Wildman–Crippen MR) is 84.8 cm³/mol. The number of allylic oxidation sites excluding steroid dienone is 4. The molecule has 0 radical (unpaired) electrons. The molecule has 0 N–H and O–H groups in total. The second-order valence-electron chi connectivity index (χ2n) is 5.56. The number of hydrogen-bond donors (Lipinski definition) is 0. The number of fused-ring (bicyclic) bond motifs is 3. The Morgan fingerprint density at radius 1 is 1.00 bits per heavy atom. The molecular formula is C20H12NZr-. The van der Waals surface area contributed by atoms with E-state index in [0.717, 1.165) is 17.5 Å². The van der Waals surface area contributed by atoms with E-state index in [0.29, 0.717) is 0 Å². The monoisotopic (exact) mass is 356 g/mol. The molecule has 0 amide bonds. The van der Waals surface area contributed by atoms with Crippen molar-refractivity contribution in [3.8, 4) is 0 Å². The van der Waals surface area contributed by atoms with Gasteiger partial charge in [0.25, 0.3) is 0 Å². The van der Waals surface area contributed by atoms with Gasteiger partial charge < -0.3 is 0 Å². The van der Waals surface area contributed by atoms with Gasteiger partial charge in [-0.2, -0.15) is 0 Å². The molecule has 2 heteroatoms. The zero-order valence-corrected chi connectivity index (χ0v) is 14.4. The second-order valence-corrected chi connectivity index (χ2v) is 5.56. The van der Waals surface area contributed by atoms with Gasteiger partial charge in [-0.1, -0.05) is 41.6 Å². The van der Waals surface area contributed by atoms with E-state index in [4.69, 9.17) is 4.99 Å². The number of hydrogen-bond acceptors (Lipinski definition) is 1. The maximum absolute atomic E-state index is 4.78. The van der Waals surface area contributed by atoms with Gasteiger partial charge in [0.1, 0.15) is 0 Å². The van der Waals surface area contributed by atoms with Crippen LogP contribution in [-0.4, -0.2) is 0 Å². The minimum Gasteiger partial charge on any atom is -0.256 e. The van der Waals surface area contributed by atoms with Gasteiger partial charge in [0, 0.05) is 37.1 Å². The summed E-state index contributed by atoms with van der Waals surface area (Å²) in [6.45, 7) is 0. The largest absolute Gasteiger partial charge is 0.256 e. The van der Waals surface area contributed by atoms with Gasteiger partial charge in [0.15, 0.2) is 0 Å². The van der Waals surface area contributed by atoms with Gasteiger partial charge in [-0.25, -0.2) is 0 Å². The third kappa shape index (κ3) is 1.91. The minimum absolute atomic E-state index is 0. The van der Waals surface area contributed by atoms with Crippen LogP contribution in [0.3, 0.4) is 0 Å². The quantitative estimate of drug-likeness (QED) is 0.681. The van der Waals surface area contributed by atoms with Gasteiger partial charge in [0.05, 0.1) is 5.36 Å². The van der Waals surface area contributed by atoms with E-state index in [2.05, 4.69) is 60.7 Å². The van der Waals surface area contributed by atoms with Crippen LogP contribution < -0.4 is 21.0 Å². The van der Waals surface area contributed by atoms with Crippen molar-refractivity contribution >= 4 is 22.9 Å². The Hall–Kier alpha value is -1.79. The Morgan fingerprint density at radius 2 is 1.91 bits per heavy atom. The molecule has 22 heavy (non-hydrogen) atoms. The van der Waals surface area contributed by atoms with E-state index in [9.17, 15) is 0 Å². The first-order chi connectivity index (χ1) is 10.4. The first kappa shape index (κ1) is 13.8. The number of rotatable bonds is 1. The molecule has 1 nitrogen and oxygen atoms in total. The summed E-state index contributed by atoms with van der Waals surface area (Å²) < 4.78 is 0. The summed E-state index contributed by atoms with van der Waals surface area (Å²) in [5, 5.41) is 4.69. The minimum atomic E-state index is 0. The maximum atomic E-state index is 4.78. The summed E-state index contributed by atoms with van der Waals surface area (Å²) >= 11 is 0. The van der Waals surface area contributed by atoms with Crippen molar-refractivity contribution < 1.29 is 26.2 Å². The number of para-hydroxylation sites is 1. The summed E-state index contributed by atoms with van der Waals surface area (Å²) in [5.74, 6) is 0. The molecule has 102 valence electrons.